The van der Waals surface area contributed by atoms with Gasteiger partial charge in [0.2, 0.25) is 0 Å². The highest BCUT2D eigenvalue weighted by atomic mass is 79.9. The highest BCUT2D eigenvalue weighted by Gasteiger charge is 2.43. The molecule has 1 aliphatic rings. The summed E-state index contributed by atoms with van der Waals surface area (Å²) in [5.74, 6) is 0.359. The number of likely N-dealkylation sites (N-methyl/N-ethyl adjacent to an activating group) is 1. The molecule has 2 nitrogen and oxygen atoms in total. The van der Waals surface area contributed by atoms with Crippen LogP contribution in [-0.4, -0.2) is 35.7 Å². The zero-order valence-corrected chi connectivity index (χ0v) is 14.7. The van der Waals surface area contributed by atoms with E-state index in [4.69, 9.17) is 0 Å². The Hall–Kier alpha value is -0.450. The van der Waals surface area contributed by atoms with E-state index in [0.29, 0.717) is 17.9 Å². The van der Waals surface area contributed by atoms with Crippen molar-refractivity contribution >= 4 is 15.9 Å². The van der Waals surface area contributed by atoms with Gasteiger partial charge in [0.15, 0.2) is 0 Å². The molecule has 3 unspecified atom stereocenters. The number of hydrogen-bond donors (Lipinski definition) is 1. The molecule has 0 spiro atoms. The van der Waals surface area contributed by atoms with Gasteiger partial charge in [0.05, 0.1) is 6.10 Å². The smallest absolute Gasteiger partial charge is 0.126 e. The van der Waals surface area contributed by atoms with E-state index in [1.54, 1.807) is 12.1 Å². The van der Waals surface area contributed by atoms with E-state index in [0.717, 1.165) is 23.7 Å². The lowest BCUT2D eigenvalue weighted by Gasteiger charge is -2.48. The zero-order valence-electron chi connectivity index (χ0n) is 13.1. The molecule has 0 aliphatic heterocycles. The molecule has 4 heteroatoms. The van der Waals surface area contributed by atoms with E-state index in [-0.39, 0.29) is 11.4 Å². The molecule has 0 radical (unpaired) electrons. The van der Waals surface area contributed by atoms with Crippen molar-refractivity contribution in [3.05, 3.63) is 34.1 Å². The molecule has 0 saturated heterocycles. The number of benzene rings is 1. The average Bonchev–Trinajstić information content (AvgIpc) is 2.42. The average molecular weight is 358 g/mol. The zero-order chi connectivity index (χ0) is 15.6. The number of aliphatic hydroxyl groups is 1. The largest absolute Gasteiger partial charge is 0.391 e. The van der Waals surface area contributed by atoms with Crippen LogP contribution in [0.25, 0.3) is 0 Å². The molecule has 3 atom stereocenters. The number of nitrogens with zero attached hydrogens (tertiary/aromatic N) is 1. The first-order valence-electron chi connectivity index (χ1n) is 7.64. The Labute approximate surface area is 135 Å². The minimum Gasteiger partial charge on any atom is -0.391 e. The van der Waals surface area contributed by atoms with Gasteiger partial charge in [-0.25, -0.2) is 4.39 Å². The monoisotopic (exact) mass is 357 g/mol. The predicted molar refractivity (Wildman–Crippen MR) is 87.9 cm³/mol. The Morgan fingerprint density at radius 2 is 2.19 bits per heavy atom. The summed E-state index contributed by atoms with van der Waals surface area (Å²) in [7, 11) is 4.05. The highest BCUT2D eigenvalue weighted by Crippen LogP contribution is 2.39. The van der Waals surface area contributed by atoms with Crippen molar-refractivity contribution in [2.45, 2.75) is 50.7 Å². The molecule has 1 aliphatic carbocycles. The van der Waals surface area contributed by atoms with Gasteiger partial charge in [-0.05, 0) is 56.6 Å². The van der Waals surface area contributed by atoms with E-state index in [1.165, 1.54) is 12.5 Å². The van der Waals surface area contributed by atoms with Crippen molar-refractivity contribution in [3.63, 3.8) is 0 Å². The molecule has 1 saturated carbocycles. The van der Waals surface area contributed by atoms with Gasteiger partial charge in [0.25, 0.3) is 0 Å². The van der Waals surface area contributed by atoms with Gasteiger partial charge < -0.3 is 10.0 Å². The quantitative estimate of drug-likeness (QED) is 0.879. The van der Waals surface area contributed by atoms with Gasteiger partial charge in [-0.1, -0.05) is 35.7 Å². The van der Waals surface area contributed by atoms with Gasteiger partial charge in [0.1, 0.15) is 5.82 Å². The lowest BCUT2D eigenvalue weighted by molar-refractivity contribution is -0.0427. The molecule has 1 aromatic carbocycles. The van der Waals surface area contributed by atoms with Crippen molar-refractivity contribution < 1.29 is 9.50 Å². The number of hydrogen-bond acceptors (Lipinski definition) is 2. The van der Waals surface area contributed by atoms with E-state index in [9.17, 15) is 9.50 Å². The lowest BCUT2D eigenvalue weighted by Crippen LogP contribution is -2.56. The SMILES string of the molecule is CC1CCCC(C(O)Cc2cc(Br)ccc2F)(N(C)C)C1. The van der Waals surface area contributed by atoms with Crippen LogP contribution in [0.2, 0.25) is 0 Å². The Morgan fingerprint density at radius 3 is 2.81 bits per heavy atom. The summed E-state index contributed by atoms with van der Waals surface area (Å²) < 4.78 is 14.8. The minimum absolute atomic E-state index is 0.241. The molecule has 0 bridgehead atoms. The maximum Gasteiger partial charge on any atom is 0.126 e. The molecule has 1 aromatic rings. The van der Waals surface area contributed by atoms with Gasteiger partial charge in [-0.2, -0.15) is 0 Å². The molecule has 1 fully saturated rings. The standard InChI is InChI=1S/C17H25BrFNO/c1-12-5-4-8-17(11-12,20(2)3)16(21)10-13-9-14(18)6-7-15(13)19/h6-7,9,12,16,21H,4-5,8,10-11H2,1-3H3. The summed E-state index contributed by atoms with van der Waals surface area (Å²) in [5.41, 5.74) is 0.336. The van der Waals surface area contributed by atoms with Crippen molar-refractivity contribution in [2.75, 3.05) is 14.1 Å². The second-order valence-electron chi connectivity index (χ2n) is 6.66. The lowest BCUT2D eigenvalue weighted by atomic mass is 9.71. The van der Waals surface area contributed by atoms with Crippen LogP contribution in [0.15, 0.2) is 22.7 Å². The predicted octanol–water partition coefficient (Wildman–Crippen LogP) is 4.00. The third-order valence-corrected chi connectivity index (χ3v) is 5.43. The summed E-state index contributed by atoms with van der Waals surface area (Å²) in [6.07, 6.45) is 4.08. The van der Waals surface area contributed by atoms with E-state index in [1.807, 2.05) is 14.1 Å². The van der Waals surface area contributed by atoms with Crippen molar-refractivity contribution in [3.8, 4) is 0 Å². The van der Waals surface area contributed by atoms with Gasteiger partial charge in [-0.3, -0.25) is 0 Å². The van der Waals surface area contributed by atoms with Crippen LogP contribution >= 0.6 is 15.9 Å². The molecule has 0 heterocycles. The summed E-state index contributed by atoms with van der Waals surface area (Å²) in [4.78, 5) is 2.14. The van der Waals surface area contributed by atoms with Crippen LogP contribution in [-0.2, 0) is 6.42 Å². The second-order valence-corrected chi connectivity index (χ2v) is 7.57. The third kappa shape index (κ3) is 3.66. The number of rotatable bonds is 4. The van der Waals surface area contributed by atoms with Gasteiger partial charge in [-0.15, -0.1) is 0 Å². The maximum atomic E-state index is 14.0. The second kappa shape index (κ2) is 6.76. The van der Waals surface area contributed by atoms with Gasteiger partial charge in [0, 0.05) is 16.4 Å². The molecule has 1 N–H and O–H groups in total. The Kier molecular flexibility index (Phi) is 5.44. The number of aliphatic hydroxyl groups excluding tert-OH is 1. The summed E-state index contributed by atoms with van der Waals surface area (Å²) in [6.45, 7) is 2.24. The fourth-order valence-corrected chi connectivity index (χ4v) is 4.08. The van der Waals surface area contributed by atoms with Crippen LogP contribution < -0.4 is 0 Å². The third-order valence-electron chi connectivity index (χ3n) is 4.94. The maximum absolute atomic E-state index is 14.0. The topological polar surface area (TPSA) is 23.5 Å². The molecule has 21 heavy (non-hydrogen) atoms. The first-order valence-corrected chi connectivity index (χ1v) is 8.44. The molecular weight excluding hydrogens is 333 g/mol. The fourth-order valence-electron chi connectivity index (χ4n) is 3.67. The molecule has 0 aromatic heterocycles. The normalized spacial score (nSPS) is 27.9. The van der Waals surface area contributed by atoms with Crippen LogP contribution in [0.3, 0.4) is 0 Å². The molecule has 2 rings (SSSR count). The Balaban J connectivity index is 2.23. The van der Waals surface area contributed by atoms with E-state index in [2.05, 4.69) is 27.8 Å². The van der Waals surface area contributed by atoms with Crippen LogP contribution in [0.4, 0.5) is 4.39 Å². The Morgan fingerprint density at radius 1 is 1.48 bits per heavy atom. The first kappa shape index (κ1) is 16.9. The molecule has 118 valence electrons. The first-order chi connectivity index (χ1) is 9.85. The van der Waals surface area contributed by atoms with Gasteiger partial charge >= 0.3 is 0 Å². The molecule has 0 amide bonds. The fraction of sp³-hybridized carbons (Fsp3) is 0.647. The molecular formula is C17H25BrFNO. The van der Waals surface area contributed by atoms with E-state index < -0.39 is 6.10 Å². The van der Waals surface area contributed by atoms with Crippen molar-refractivity contribution in [1.82, 2.24) is 4.90 Å². The van der Waals surface area contributed by atoms with Crippen LogP contribution in [0, 0.1) is 11.7 Å². The Bertz CT molecular complexity index is 494. The van der Waals surface area contributed by atoms with Crippen molar-refractivity contribution in [2.24, 2.45) is 5.92 Å². The summed E-state index contributed by atoms with van der Waals surface area (Å²) in [5, 5.41) is 10.9. The van der Waals surface area contributed by atoms with Crippen LogP contribution in [0.1, 0.15) is 38.2 Å². The highest BCUT2D eigenvalue weighted by molar-refractivity contribution is 9.10. The summed E-state index contributed by atoms with van der Waals surface area (Å²) >= 11 is 3.38. The minimum atomic E-state index is -0.556. The summed E-state index contributed by atoms with van der Waals surface area (Å²) in [6, 6.07) is 4.92. The van der Waals surface area contributed by atoms with E-state index >= 15 is 0 Å². The van der Waals surface area contributed by atoms with Crippen LogP contribution in [0.5, 0.6) is 0 Å². The number of halogens is 2. The van der Waals surface area contributed by atoms with Crippen molar-refractivity contribution in [1.29, 1.82) is 0 Å².